The molecule has 150 valence electrons. The van der Waals surface area contributed by atoms with Crippen molar-refractivity contribution in [2.24, 2.45) is 5.10 Å². The van der Waals surface area contributed by atoms with E-state index in [1.54, 1.807) is 19.4 Å². The number of para-hydroxylation sites is 1. The van der Waals surface area contributed by atoms with Gasteiger partial charge in [-0.3, -0.25) is 4.79 Å². The molecule has 0 aliphatic carbocycles. The lowest BCUT2D eigenvalue weighted by atomic mass is 10.1. The number of amides is 1. The fourth-order valence-corrected chi connectivity index (χ4v) is 3.30. The molecule has 1 N–H and O–H groups in total. The van der Waals surface area contributed by atoms with Crippen LogP contribution in [0.15, 0.2) is 90.4 Å². The number of rotatable bonds is 6. The first-order chi connectivity index (χ1) is 14.7. The van der Waals surface area contributed by atoms with Crippen molar-refractivity contribution >= 4 is 12.1 Å². The first kappa shape index (κ1) is 19.3. The Labute approximate surface area is 175 Å². The Balaban J connectivity index is 1.48. The van der Waals surface area contributed by atoms with Gasteiger partial charge in [0.2, 0.25) is 0 Å². The molecule has 2 heterocycles. The Morgan fingerprint density at radius 1 is 1.03 bits per heavy atom. The van der Waals surface area contributed by atoms with Crippen LogP contribution < -0.4 is 10.2 Å². The van der Waals surface area contributed by atoms with Crippen molar-refractivity contribution in [3.63, 3.8) is 0 Å². The minimum Gasteiger partial charge on any atom is -0.497 e. The third kappa shape index (κ3) is 4.03. The zero-order valence-electron chi connectivity index (χ0n) is 16.8. The van der Waals surface area contributed by atoms with Crippen molar-refractivity contribution in [1.82, 2.24) is 14.6 Å². The number of nitrogens with one attached hydrogen (secondary N) is 1. The van der Waals surface area contributed by atoms with Crippen LogP contribution >= 0.6 is 0 Å². The number of ether oxygens (including phenoxy) is 1. The number of benzene rings is 2. The summed E-state index contributed by atoms with van der Waals surface area (Å²) in [7, 11) is 1.65. The second-order valence-electron chi connectivity index (χ2n) is 6.79. The predicted octanol–water partition coefficient (Wildman–Crippen LogP) is 4.35. The number of hydrogen-bond acceptors (Lipinski definition) is 3. The van der Waals surface area contributed by atoms with Crippen molar-refractivity contribution < 1.29 is 9.53 Å². The maximum Gasteiger partial charge on any atom is 0.273 e. The van der Waals surface area contributed by atoms with E-state index in [1.165, 1.54) is 0 Å². The lowest BCUT2D eigenvalue weighted by molar-refractivity contribution is 0.0955. The van der Waals surface area contributed by atoms with Gasteiger partial charge in [-0.2, -0.15) is 5.10 Å². The minimum atomic E-state index is -0.262. The highest BCUT2D eigenvalue weighted by Gasteiger charge is 2.11. The molecule has 0 unspecified atom stereocenters. The highest BCUT2D eigenvalue weighted by Crippen LogP contribution is 2.18. The number of aryl methyl sites for hydroxylation is 1. The number of aromatic nitrogens is 2. The quantitative estimate of drug-likeness (QED) is 0.388. The average molecular weight is 398 g/mol. The van der Waals surface area contributed by atoms with Gasteiger partial charge >= 0.3 is 0 Å². The summed E-state index contributed by atoms with van der Waals surface area (Å²) in [6.45, 7) is 2.02. The molecule has 0 saturated carbocycles. The molecule has 4 aromatic rings. The highest BCUT2D eigenvalue weighted by atomic mass is 16.5. The molecule has 4 rings (SSSR count). The van der Waals surface area contributed by atoms with Crippen LogP contribution in [-0.4, -0.2) is 28.4 Å². The molecule has 6 nitrogen and oxygen atoms in total. The number of carbonyl (C=O) groups excluding carboxylic acids is 1. The van der Waals surface area contributed by atoms with Gasteiger partial charge in [0.05, 0.1) is 24.6 Å². The van der Waals surface area contributed by atoms with Crippen LogP contribution in [0.1, 0.15) is 21.6 Å². The van der Waals surface area contributed by atoms with Crippen LogP contribution in [0.25, 0.3) is 11.4 Å². The molecule has 0 atom stereocenters. The van der Waals surface area contributed by atoms with Crippen LogP contribution in [0, 0.1) is 6.92 Å². The van der Waals surface area contributed by atoms with Crippen LogP contribution in [0.5, 0.6) is 5.75 Å². The molecule has 30 heavy (non-hydrogen) atoms. The van der Waals surface area contributed by atoms with E-state index in [0.717, 1.165) is 28.4 Å². The van der Waals surface area contributed by atoms with Crippen LogP contribution in [0.3, 0.4) is 0 Å². The van der Waals surface area contributed by atoms with Crippen molar-refractivity contribution in [3.05, 3.63) is 102 Å². The lowest BCUT2D eigenvalue weighted by Crippen LogP contribution is -2.19. The SMILES string of the molecule is COc1ccc(-n2cc(/C=N\NC(=O)c3ccccc3-n3cccc3)cc2C)cc1. The van der Waals surface area contributed by atoms with Gasteiger partial charge in [-0.15, -0.1) is 0 Å². The normalized spacial score (nSPS) is 11.0. The molecule has 0 saturated heterocycles. The second-order valence-corrected chi connectivity index (χ2v) is 6.79. The first-order valence-corrected chi connectivity index (χ1v) is 9.55. The number of methoxy groups -OCH3 is 1. The van der Waals surface area contributed by atoms with E-state index in [4.69, 9.17) is 4.74 Å². The fraction of sp³-hybridized carbons (Fsp3) is 0.0833. The molecule has 0 aliphatic heterocycles. The Morgan fingerprint density at radius 2 is 1.77 bits per heavy atom. The average Bonchev–Trinajstić information content (AvgIpc) is 3.44. The Hall–Kier alpha value is -4.06. The summed E-state index contributed by atoms with van der Waals surface area (Å²) in [5.41, 5.74) is 6.96. The molecule has 0 fully saturated rings. The highest BCUT2D eigenvalue weighted by molar-refractivity contribution is 5.98. The van der Waals surface area contributed by atoms with Gasteiger partial charge in [-0.1, -0.05) is 12.1 Å². The first-order valence-electron chi connectivity index (χ1n) is 9.55. The van der Waals surface area contributed by atoms with Crippen LogP contribution in [0.2, 0.25) is 0 Å². The van der Waals surface area contributed by atoms with E-state index >= 15 is 0 Å². The van der Waals surface area contributed by atoms with Crippen molar-refractivity contribution in [2.75, 3.05) is 7.11 Å². The van der Waals surface area contributed by atoms with Gasteiger partial charge in [-0.05, 0) is 61.5 Å². The molecule has 0 aliphatic rings. The Morgan fingerprint density at radius 3 is 2.50 bits per heavy atom. The van der Waals surface area contributed by atoms with Gasteiger partial charge in [-0.25, -0.2) is 5.43 Å². The third-order valence-corrected chi connectivity index (χ3v) is 4.80. The summed E-state index contributed by atoms with van der Waals surface area (Å²) in [6.07, 6.45) is 7.42. The summed E-state index contributed by atoms with van der Waals surface area (Å²) in [6, 6.07) is 21.1. The maximum absolute atomic E-state index is 12.6. The summed E-state index contributed by atoms with van der Waals surface area (Å²) in [5.74, 6) is 0.551. The minimum absolute atomic E-state index is 0.262. The zero-order valence-corrected chi connectivity index (χ0v) is 16.8. The van der Waals surface area contributed by atoms with Gasteiger partial charge in [0.1, 0.15) is 5.75 Å². The molecular formula is C24H22N4O2. The van der Waals surface area contributed by atoms with Crippen molar-refractivity contribution in [1.29, 1.82) is 0 Å². The Kier molecular flexibility index (Phi) is 5.48. The summed E-state index contributed by atoms with van der Waals surface area (Å²) in [4.78, 5) is 12.6. The van der Waals surface area contributed by atoms with E-state index in [9.17, 15) is 4.79 Å². The largest absolute Gasteiger partial charge is 0.497 e. The molecule has 2 aromatic heterocycles. The zero-order chi connectivity index (χ0) is 20.9. The van der Waals surface area contributed by atoms with E-state index < -0.39 is 0 Å². The number of hydrazone groups is 1. The number of nitrogens with zero attached hydrogens (tertiary/aromatic N) is 3. The molecule has 6 heteroatoms. The molecule has 1 amide bonds. The molecule has 2 aromatic carbocycles. The fourth-order valence-electron chi connectivity index (χ4n) is 3.30. The van der Waals surface area contributed by atoms with E-state index in [-0.39, 0.29) is 5.91 Å². The van der Waals surface area contributed by atoms with Crippen LogP contribution in [0.4, 0.5) is 0 Å². The number of carbonyl (C=O) groups is 1. The van der Waals surface area contributed by atoms with E-state index in [2.05, 4.69) is 15.1 Å². The second kappa shape index (κ2) is 8.53. The standard InChI is InChI=1S/C24H22N4O2/c1-18-15-19(17-28(18)20-9-11-21(30-2)12-10-20)16-25-26-24(29)22-7-3-4-8-23(22)27-13-5-6-14-27/h3-17H,1-2H3,(H,26,29)/b25-16-. The maximum atomic E-state index is 12.6. The molecule has 0 bridgehead atoms. The topological polar surface area (TPSA) is 60.5 Å². The molecule has 0 radical (unpaired) electrons. The summed E-state index contributed by atoms with van der Waals surface area (Å²) >= 11 is 0. The van der Waals surface area contributed by atoms with Gasteiger partial charge in [0, 0.05) is 35.5 Å². The lowest BCUT2D eigenvalue weighted by Gasteiger charge is -2.08. The van der Waals surface area contributed by atoms with Gasteiger partial charge < -0.3 is 13.9 Å². The Bertz CT molecular complexity index is 1170. The van der Waals surface area contributed by atoms with E-state index in [0.29, 0.717) is 5.56 Å². The summed E-state index contributed by atoms with van der Waals surface area (Å²) in [5, 5.41) is 4.15. The van der Waals surface area contributed by atoms with Crippen molar-refractivity contribution in [2.45, 2.75) is 6.92 Å². The van der Waals surface area contributed by atoms with E-state index in [1.807, 2.05) is 90.7 Å². The molecular weight excluding hydrogens is 376 g/mol. The molecule has 0 spiro atoms. The number of hydrogen-bond donors (Lipinski definition) is 1. The summed E-state index contributed by atoms with van der Waals surface area (Å²) < 4.78 is 9.17. The smallest absolute Gasteiger partial charge is 0.273 e. The monoisotopic (exact) mass is 398 g/mol. The third-order valence-electron chi connectivity index (χ3n) is 4.80. The van der Waals surface area contributed by atoms with Gasteiger partial charge in [0.25, 0.3) is 5.91 Å². The van der Waals surface area contributed by atoms with Crippen molar-refractivity contribution in [3.8, 4) is 17.1 Å². The van der Waals surface area contributed by atoms with Crippen LogP contribution in [-0.2, 0) is 0 Å². The van der Waals surface area contributed by atoms with Gasteiger partial charge in [0.15, 0.2) is 0 Å². The predicted molar refractivity (Wildman–Crippen MR) is 118 cm³/mol.